The minimum atomic E-state index is -0.0105. The first-order chi connectivity index (χ1) is 11.5. The molecule has 2 unspecified atom stereocenters. The smallest absolute Gasteiger partial charge is 0.221 e. The van der Waals surface area contributed by atoms with E-state index in [1.807, 2.05) is 62.4 Å². The Morgan fingerprint density at radius 1 is 1.04 bits per heavy atom. The highest BCUT2D eigenvalue weighted by molar-refractivity contribution is 5.77. The van der Waals surface area contributed by atoms with Crippen LogP contribution >= 0.6 is 0 Å². The Morgan fingerprint density at radius 2 is 1.75 bits per heavy atom. The zero-order chi connectivity index (χ0) is 17.5. The van der Waals surface area contributed by atoms with Crippen molar-refractivity contribution >= 4 is 5.91 Å². The minimum Gasteiger partial charge on any atom is -0.497 e. The molecule has 0 fully saturated rings. The van der Waals surface area contributed by atoms with Crippen LogP contribution in [0.4, 0.5) is 0 Å². The molecule has 2 aromatic rings. The molecule has 4 nitrogen and oxygen atoms in total. The quantitative estimate of drug-likeness (QED) is 0.834. The lowest BCUT2D eigenvalue weighted by molar-refractivity contribution is -0.122. The molecule has 128 valence electrons. The fourth-order valence-corrected chi connectivity index (χ4v) is 2.74. The van der Waals surface area contributed by atoms with E-state index in [-0.39, 0.29) is 17.9 Å². The van der Waals surface area contributed by atoms with E-state index >= 15 is 0 Å². The zero-order valence-corrected chi connectivity index (χ0v) is 14.7. The lowest BCUT2D eigenvalue weighted by Crippen LogP contribution is -2.27. The normalized spacial score (nSPS) is 13.0. The Labute approximate surface area is 143 Å². The van der Waals surface area contributed by atoms with Crippen LogP contribution in [0.15, 0.2) is 48.5 Å². The van der Waals surface area contributed by atoms with Gasteiger partial charge in [0.1, 0.15) is 11.5 Å². The van der Waals surface area contributed by atoms with Crippen molar-refractivity contribution < 1.29 is 14.3 Å². The average molecular weight is 327 g/mol. The molecule has 0 aliphatic rings. The van der Waals surface area contributed by atoms with E-state index in [4.69, 9.17) is 9.47 Å². The monoisotopic (exact) mass is 327 g/mol. The van der Waals surface area contributed by atoms with Crippen LogP contribution in [0.5, 0.6) is 11.5 Å². The van der Waals surface area contributed by atoms with Crippen LogP contribution < -0.4 is 14.8 Å². The van der Waals surface area contributed by atoms with Gasteiger partial charge >= 0.3 is 0 Å². The molecule has 0 aliphatic carbocycles. The number of benzene rings is 2. The molecule has 0 bridgehead atoms. The molecule has 2 atom stereocenters. The fourth-order valence-electron chi connectivity index (χ4n) is 2.74. The van der Waals surface area contributed by atoms with E-state index in [0.29, 0.717) is 6.42 Å². The highest BCUT2D eigenvalue weighted by Crippen LogP contribution is 2.32. The van der Waals surface area contributed by atoms with Crippen LogP contribution in [-0.2, 0) is 4.79 Å². The molecule has 1 N–H and O–H groups in total. The van der Waals surface area contributed by atoms with Gasteiger partial charge in [0.15, 0.2) is 0 Å². The first-order valence-corrected chi connectivity index (χ1v) is 8.11. The molecule has 0 radical (unpaired) electrons. The molecule has 4 heteroatoms. The molecule has 2 aromatic carbocycles. The number of nitrogens with one attached hydrogen (secondary N) is 1. The average Bonchev–Trinajstić information content (AvgIpc) is 2.61. The molecule has 1 amide bonds. The number of ether oxygens (including phenoxy) is 2. The van der Waals surface area contributed by atoms with Crippen molar-refractivity contribution in [3.05, 3.63) is 59.7 Å². The van der Waals surface area contributed by atoms with Crippen LogP contribution in [0, 0.1) is 0 Å². The van der Waals surface area contributed by atoms with Gasteiger partial charge in [-0.15, -0.1) is 0 Å². The maximum atomic E-state index is 12.4. The van der Waals surface area contributed by atoms with Crippen LogP contribution in [0.3, 0.4) is 0 Å². The van der Waals surface area contributed by atoms with Gasteiger partial charge < -0.3 is 14.8 Å². The number of hydrogen-bond acceptors (Lipinski definition) is 3. The highest BCUT2D eigenvalue weighted by atomic mass is 16.5. The summed E-state index contributed by atoms with van der Waals surface area (Å²) >= 11 is 0. The second kappa shape index (κ2) is 8.39. The van der Waals surface area contributed by atoms with E-state index in [0.717, 1.165) is 22.6 Å². The van der Waals surface area contributed by atoms with Gasteiger partial charge in [-0.1, -0.05) is 43.3 Å². The van der Waals surface area contributed by atoms with E-state index in [1.54, 1.807) is 14.2 Å². The molecule has 0 heterocycles. The summed E-state index contributed by atoms with van der Waals surface area (Å²) in [5.74, 6) is 1.56. The topological polar surface area (TPSA) is 47.6 Å². The van der Waals surface area contributed by atoms with Crippen molar-refractivity contribution in [2.75, 3.05) is 14.2 Å². The van der Waals surface area contributed by atoms with E-state index in [1.165, 1.54) is 0 Å². The number of carbonyl (C=O) groups excluding carboxylic acids is 1. The first kappa shape index (κ1) is 17.9. The number of rotatable bonds is 7. The van der Waals surface area contributed by atoms with Crippen molar-refractivity contribution in [3.63, 3.8) is 0 Å². The van der Waals surface area contributed by atoms with Gasteiger partial charge in [0, 0.05) is 12.5 Å². The second-order valence-electron chi connectivity index (χ2n) is 5.91. The molecule has 2 rings (SSSR count). The van der Waals surface area contributed by atoms with E-state index in [2.05, 4.69) is 5.32 Å². The van der Waals surface area contributed by atoms with Gasteiger partial charge in [0.05, 0.1) is 20.3 Å². The Balaban J connectivity index is 2.01. The lowest BCUT2D eigenvalue weighted by Gasteiger charge is -2.19. The summed E-state index contributed by atoms with van der Waals surface area (Å²) in [6.45, 7) is 4.02. The van der Waals surface area contributed by atoms with Gasteiger partial charge in [-0.2, -0.15) is 0 Å². The molecule has 24 heavy (non-hydrogen) atoms. The predicted molar refractivity (Wildman–Crippen MR) is 95.6 cm³/mol. The van der Waals surface area contributed by atoms with Crippen molar-refractivity contribution in [3.8, 4) is 11.5 Å². The summed E-state index contributed by atoms with van der Waals surface area (Å²) < 4.78 is 10.6. The molecule has 0 spiro atoms. The molecule has 0 aromatic heterocycles. The lowest BCUT2D eigenvalue weighted by atomic mass is 9.96. The van der Waals surface area contributed by atoms with Crippen molar-refractivity contribution in [1.82, 2.24) is 5.32 Å². The van der Waals surface area contributed by atoms with Gasteiger partial charge in [-0.3, -0.25) is 4.79 Å². The number of amides is 1. The summed E-state index contributed by atoms with van der Waals surface area (Å²) in [5.41, 5.74) is 2.10. The largest absolute Gasteiger partial charge is 0.497 e. The summed E-state index contributed by atoms with van der Waals surface area (Å²) in [4.78, 5) is 12.4. The molecule has 0 saturated carbocycles. The maximum Gasteiger partial charge on any atom is 0.221 e. The number of methoxy groups -OCH3 is 2. The third-order valence-electron chi connectivity index (χ3n) is 4.14. The summed E-state index contributed by atoms with van der Waals surface area (Å²) in [6, 6.07) is 15.6. The van der Waals surface area contributed by atoms with Crippen molar-refractivity contribution in [2.24, 2.45) is 0 Å². The van der Waals surface area contributed by atoms with Crippen molar-refractivity contribution in [2.45, 2.75) is 32.2 Å². The van der Waals surface area contributed by atoms with E-state index in [9.17, 15) is 4.79 Å². The number of carbonyl (C=O) groups is 1. The van der Waals surface area contributed by atoms with Gasteiger partial charge in [-0.05, 0) is 30.0 Å². The highest BCUT2D eigenvalue weighted by Gasteiger charge is 2.17. The SMILES string of the molecule is COc1ccc(C(C)CC(=O)NC(C)c2ccccc2)c(OC)c1. The Morgan fingerprint density at radius 3 is 2.38 bits per heavy atom. The first-order valence-electron chi connectivity index (χ1n) is 8.11. The van der Waals surface area contributed by atoms with Crippen LogP contribution in [-0.4, -0.2) is 20.1 Å². The van der Waals surface area contributed by atoms with Gasteiger partial charge in [0.2, 0.25) is 5.91 Å². The third-order valence-corrected chi connectivity index (χ3v) is 4.14. The summed E-state index contributed by atoms with van der Waals surface area (Å²) in [5, 5.41) is 3.05. The maximum absolute atomic E-state index is 12.4. The van der Waals surface area contributed by atoms with Crippen LogP contribution in [0.2, 0.25) is 0 Å². The van der Waals surface area contributed by atoms with Crippen molar-refractivity contribution in [1.29, 1.82) is 0 Å². The zero-order valence-electron chi connectivity index (χ0n) is 14.7. The van der Waals surface area contributed by atoms with Crippen LogP contribution in [0.1, 0.15) is 43.4 Å². The van der Waals surface area contributed by atoms with Crippen LogP contribution in [0.25, 0.3) is 0 Å². The Kier molecular flexibility index (Phi) is 6.24. The fraction of sp³-hybridized carbons (Fsp3) is 0.350. The Hall–Kier alpha value is -2.49. The molecular formula is C20H25NO3. The number of hydrogen-bond donors (Lipinski definition) is 1. The molecule has 0 saturated heterocycles. The Bertz CT molecular complexity index is 670. The standard InChI is InChI=1S/C20H25NO3/c1-14(18-11-10-17(23-3)13-19(18)24-4)12-20(22)21-15(2)16-8-6-5-7-9-16/h5-11,13-15H,12H2,1-4H3,(H,21,22). The van der Waals surface area contributed by atoms with Gasteiger partial charge in [0.25, 0.3) is 0 Å². The van der Waals surface area contributed by atoms with Gasteiger partial charge in [-0.25, -0.2) is 0 Å². The summed E-state index contributed by atoms with van der Waals surface area (Å²) in [6.07, 6.45) is 0.403. The van der Waals surface area contributed by atoms with E-state index < -0.39 is 0 Å². The second-order valence-corrected chi connectivity index (χ2v) is 5.91. The summed E-state index contributed by atoms with van der Waals surface area (Å²) in [7, 11) is 3.25. The third kappa shape index (κ3) is 4.51. The molecular weight excluding hydrogens is 302 g/mol. The minimum absolute atomic E-state index is 0.0105. The predicted octanol–water partition coefficient (Wildman–Crippen LogP) is 4.07. The molecule has 0 aliphatic heterocycles.